The minimum absolute atomic E-state index is 0.00510. The molecule has 1 aliphatic carbocycles. The number of carbonyl (C=O) groups excluding carboxylic acids is 1. The number of rotatable bonds is 7. The number of carbonyl (C=O) groups is 2. The number of carboxylic acids is 1. The molecule has 12 heteroatoms. The van der Waals surface area contributed by atoms with E-state index in [2.05, 4.69) is 0 Å². The molecule has 0 bridgehead atoms. The second-order valence-electron chi connectivity index (χ2n) is 9.23. The van der Waals surface area contributed by atoms with Crippen LogP contribution in [0.1, 0.15) is 43.5 Å². The van der Waals surface area contributed by atoms with Crippen molar-refractivity contribution in [3.05, 3.63) is 29.3 Å². The number of aromatic hydroxyl groups is 2. The maximum atomic E-state index is 12.5. The lowest BCUT2D eigenvalue weighted by molar-refractivity contribution is -0.278. The standard InChI is InChI=1S/C23H30O12/c1-23(2,32)12-5-3-10(4-6-12)21(31)33-9-15-16(26)17(27)18(28)22(34-15)35-19-13(24)7-11(20(29)30)8-14(19)25/h3,7-8,12,15-18,22,24-28,32H,4-6,9H2,1-2H3,(H,29,30)/t12-,15+,16+,17-,18+,22-/m0/s1. The van der Waals surface area contributed by atoms with Crippen LogP contribution in [0.5, 0.6) is 17.2 Å². The van der Waals surface area contributed by atoms with E-state index in [9.17, 15) is 40.2 Å². The van der Waals surface area contributed by atoms with Crippen LogP contribution in [-0.2, 0) is 14.3 Å². The van der Waals surface area contributed by atoms with Crippen LogP contribution in [-0.4, -0.2) is 90.6 Å². The summed E-state index contributed by atoms with van der Waals surface area (Å²) < 4.78 is 15.9. The quantitative estimate of drug-likeness (QED) is 0.249. The fourth-order valence-electron chi connectivity index (χ4n) is 4.02. The topological polar surface area (TPSA) is 203 Å². The average molecular weight is 498 g/mol. The Hall–Kier alpha value is -2.90. The highest BCUT2D eigenvalue weighted by molar-refractivity contribution is 5.89. The molecule has 0 aromatic heterocycles. The molecule has 6 atom stereocenters. The summed E-state index contributed by atoms with van der Waals surface area (Å²) in [5.74, 6) is -4.24. The van der Waals surface area contributed by atoms with Crippen LogP contribution in [0.15, 0.2) is 23.8 Å². The molecule has 7 N–H and O–H groups in total. The van der Waals surface area contributed by atoms with Gasteiger partial charge in [0.15, 0.2) is 11.5 Å². The Morgan fingerprint density at radius 1 is 1.09 bits per heavy atom. The Balaban J connectivity index is 1.66. The third-order valence-corrected chi connectivity index (χ3v) is 6.25. The maximum Gasteiger partial charge on any atom is 0.335 e. The predicted octanol–water partition coefficient (Wildman–Crippen LogP) is 0.0230. The molecule has 194 valence electrons. The van der Waals surface area contributed by atoms with Crippen molar-refractivity contribution in [2.75, 3.05) is 6.61 Å². The van der Waals surface area contributed by atoms with Gasteiger partial charge in [0.25, 0.3) is 0 Å². The van der Waals surface area contributed by atoms with Crippen molar-refractivity contribution in [1.29, 1.82) is 0 Å². The highest BCUT2D eigenvalue weighted by Gasteiger charge is 2.46. The van der Waals surface area contributed by atoms with Gasteiger partial charge in [-0.05, 0) is 51.2 Å². The number of aliphatic hydroxyl groups excluding tert-OH is 3. The second kappa shape index (κ2) is 10.4. The first kappa shape index (κ1) is 26.7. The van der Waals surface area contributed by atoms with E-state index in [1.807, 2.05) is 0 Å². The molecule has 0 unspecified atom stereocenters. The number of aliphatic hydroxyl groups is 4. The molecule has 0 saturated carbocycles. The van der Waals surface area contributed by atoms with Gasteiger partial charge >= 0.3 is 11.9 Å². The molecule has 1 fully saturated rings. The van der Waals surface area contributed by atoms with Crippen LogP contribution in [0.3, 0.4) is 0 Å². The molecular weight excluding hydrogens is 468 g/mol. The number of hydrogen-bond donors (Lipinski definition) is 7. The van der Waals surface area contributed by atoms with Crippen LogP contribution < -0.4 is 4.74 Å². The molecule has 1 aromatic rings. The number of ether oxygens (including phenoxy) is 3. The van der Waals surface area contributed by atoms with Crippen LogP contribution in [0.25, 0.3) is 0 Å². The van der Waals surface area contributed by atoms with E-state index < -0.39 is 77.7 Å². The molecule has 35 heavy (non-hydrogen) atoms. The molecule has 1 aromatic carbocycles. The SMILES string of the molecule is CC(C)(O)[C@H]1CC=C(C(=O)OC[C@H]2O[C@@H](Oc3c(O)cc(C(=O)O)cc3O)[C@H](O)[C@@H](O)[C@@H]2O)CC1. The number of allylic oxidation sites excluding steroid dienone is 1. The lowest BCUT2D eigenvalue weighted by Crippen LogP contribution is -2.60. The van der Waals surface area contributed by atoms with Gasteiger partial charge in [-0.1, -0.05) is 6.08 Å². The Labute approximate surface area is 200 Å². The van der Waals surface area contributed by atoms with Crippen molar-refractivity contribution in [2.24, 2.45) is 5.92 Å². The van der Waals surface area contributed by atoms with Crippen LogP contribution in [0, 0.1) is 5.92 Å². The Morgan fingerprint density at radius 2 is 1.71 bits per heavy atom. The number of phenolic OH excluding ortho intramolecular Hbond substituents is 2. The zero-order valence-corrected chi connectivity index (χ0v) is 19.2. The lowest BCUT2D eigenvalue weighted by Gasteiger charge is -2.40. The van der Waals surface area contributed by atoms with Crippen LogP contribution >= 0.6 is 0 Å². The van der Waals surface area contributed by atoms with Crippen molar-refractivity contribution < 1.29 is 59.5 Å². The first-order valence-electron chi connectivity index (χ1n) is 11.0. The molecule has 3 rings (SSSR count). The van der Waals surface area contributed by atoms with Gasteiger partial charge < -0.3 is 50.0 Å². The molecule has 12 nitrogen and oxygen atoms in total. The fraction of sp³-hybridized carbons (Fsp3) is 0.565. The molecular formula is C23H30O12. The summed E-state index contributed by atoms with van der Waals surface area (Å²) in [5.41, 5.74) is -0.907. The first-order valence-corrected chi connectivity index (χ1v) is 11.0. The minimum atomic E-state index is -1.82. The maximum absolute atomic E-state index is 12.5. The van der Waals surface area contributed by atoms with E-state index in [-0.39, 0.29) is 5.92 Å². The second-order valence-corrected chi connectivity index (χ2v) is 9.23. The van der Waals surface area contributed by atoms with Gasteiger partial charge in [-0.15, -0.1) is 0 Å². The normalized spacial score (nSPS) is 29.3. The Bertz CT molecular complexity index is 958. The first-order chi connectivity index (χ1) is 16.3. The fourth-order valence-corrected chi connectivity index (χ4v) is 4.02. The molecule has 0 spiro atoms. The number of hydrogen-bond acceptors (Lipinski definition) is 11. The summed E-state index contributed by atoms with van der Waals surface area (Å²) in [7, 11) is 0. The molecule has 1 heterocycles. The zero-order chi connectivity index (χ0) is 26.1. The monoisotopic (exact) mass is 498 g/mol. The van der Waals surface area contributed by atoms with Crippen LogP contribution in [0.2, 0.25) is 0 Å². The Kier molecular flexibility index (Phi) is 7.92. The predicted molar refractivity (Wildman–Crippen MR) is 117 cm³/mol. The third-order valence-electron chi connectivity index (χ3n) is 6.25. The van der Waals surface area contributed by atoms with E-state index in [1.165, 1.54) is 0 Å². The average Bonchev–Trinajstić information content (AvgIpc) is 2.79. The van der Waals surface area contributed by atoms with Gasteiger partial charge in [-0.2, -0.15) is 0 Å². The van der Waals surface area contributed by atoms with Crippen molar-refractivity contribution >= 4 is 11.9 Å². The van der Waals surface area contributed by atoms with Crippen molar-refractivity contribution in [2.45, 2.75) is 69.4 Å². The number of aromatic carboxylic acids is 1. The molecule has 1 aliphatic heterocycles. The molecule has 0 amide bonds. The smallest absolute Gasteiger partial charge is 0.335 e. The van der Waals surface area contributed by atoms with E-state index in [1.54, 1.807) is 19.9 Å². The van der Waals surface area contributed by atoms with E-state index >= 15 is 0 Å². The number of esters is 1. The van der Waals surface area contributed by atoms with Crippen LogP contribution in [0.4, 0.5) is 0 Å². The van der Waals surface area contributed by atoms with E-state index in [4.69, 9.17) is 19.3 Å². The van der Waals surface area contributed by atoms with Crippen molar-refractivity contribution in [3.63, 3.8) is 0 Å². The van der Waals surface area contributed by atoms with Gasteiger partial charge in [0, 0.05) is 5.57 Å². The molecule has 1 saturated heterocycles. The van der Waals surface area contributed by atoms with Gasteiger partial charge in [0.2, 0.25) is 12.0 Å². The minimum Gasteiger partial charge on any atom is -0.504 e. The summed E-state index contributed by atoms with van der Waals surface area (Å²) in [4.78, 5) is 23.5. The highest BCUT2D eigenvalue weighted by atomic mass is 16.7. The lowest BCUT2D eigenvalue weighted by atomic mass is 9.79. The highest BCUT2D eigenvalue weighted by Crippen LogP contribution is 2.39. The van der Waals surface area contributed by atoms with Gasteiger partial charge in [0.05, 0.1) is 11.2 Å². The van der Waals surface area contributed by atoms with E-state index in [0.717, 1.165) is 12.1 Å². The Morgan fingerprint density at radius 3 is 2.23 bits per heavy atom. The summed E-state index contributed by atoms with van der Waals surface area (Å²) in [6, 6.07) is 1.61. The summed E-state index contributed by atoms with van der Waals surface area (Å²) in [5, 5.41) is 69.8. The van der Waals surface area contributed by atoms with E-state index in [0.29, 0.717) is 24.8 Å². The van der Waals surface area contributed by atoms with Crippen molar-refractivity contribution in [1.82, 2.24) is 0 Å². The summed E-state index contributed by atoms with van der Waals surface area (Å²) in [6.45, 7) is 2.90. The van der Waals surface area contributed by atoms with Gasteiger partial charge in [-0.3, -0.25) is 0 Å². The third kappa shape index (κ3) is 6.03. The zero-order valence-electron chi connectivity index (χ0n) is 19.2. The molecule has 0 radical (unpaired) electrons. The largest absolute Gasteiger partial charge is 0.504 e. The van der Waals surface area contributed by atoms with Crippen molar-refractivity contribution in [3.8, 4) is 17.2 Å². The number of carboxylic acid groups (broad SMARTS) is 1. The van der Waals surface area contributed by atoms with Gasteiger partial charge in [0.1, 0.15) is 31.0 Å². The molecule has 2 aliphatic rings. The van der Waals surface area contributed by atoms with Gasteiger partial charge in [-0.25, -0.2) is 9.59 Å². The summed E-state index contributed by atoms with van der Waals surface area (Å²) >= 11 is 0. The number of benzene rings is 1. The summed E-state index contributed by atoms with van der Waals surface area (Å²) in [6.07, 6.45) is -5.18. The number of phenols is 2.